The van der Waals surface area contributed by atoms with Crippen molar-refractivity contribution < 1.29 is 13.2 Å². The van der Waals surface area contributed by atoms with Gasteiger partial charge in [0.05, 0.1) is 19.4 Å². The van der Waals surface area contributed by atoms with Crippen molar-refractivity contribution in [1.82, 2.24) is 0 Å². The maximum absolute atomic E-state index is 12.2. The predicted octanol–water partition coefficient (Wildman–Crippen LogP) is 5.26. The number of hydrogen-bond donors (Lipinski definition) is 0. The lowest BCUT2D eigenvalue weighted by atomic mass is 9.48. The fraction of sp³-hybridized carbons (Fsp3) is 0.696. The van der Waals surface area contributed by atoms with Crippen LogP contribution in [0.5, 0.6) is 0 Å². The van der Waals surface area contributed by atoms with Crippen molar-refractivity contribution in [2.45, 2.75) is 58.8 Å². The second-order valence-corrected chi connectivity index (χ2v) is 11.6. The number of rotatable bonds is 2. The Morgan fingerprint density at radius 1 is 1.18 bits per heavy atom. The van der Waals surface area contributed by atoms with E-state index in [1.54, 1.807) is 7.11 Å². The van der Waals surface area contributed by atoms with Gasteiger partial charge < -0.3 is 4.74 Å². The van der Waals surface area contributed by atoms with Gasteiger partial charge in [0.15, 0.2) is 9.84 Å². The molecule has 0 aromatic heterocycles. The maximum Gasteiger partial charge on any atom is 0.277 e. The highest BCUT2D eigenvalue weighted by Gasteiger charge is 2.57. The van der Waals surface area contributed by atoms with Crippen molar-refractivity contribution in [1.29, 1.82) is 0 Å². The second kappa shape index (κ2) is 6.49. The molecule has 4 rings (SSSR count). The topological polar surface area (TPSA) is 47.7 Å². The smallest absolute Gasteiger partial charge is 0.277 e. The molecule has 4 nitrogen and oxygen atoms in total. The lowest BCUT2D eigenvalue weighted by Gasteiger charge is -2.56. The number of fused-ring (bicyclic) bond motifs is 5. The van der Waals surface area contributed by atoms with Gasteiger partial charge in [0.1, 0.15) is 0 Å². The number of nitrogens with zero attached hydrogens (tertiary/aromatic N) is 1. The van der Waals surface area contributed by atoms with Gasteiger partial charge in [0.25, 0.3) is 5.03 Å². The van der Waals surface area contributed by atoms with Crippen molar-refractivity contribution >= 4 is 9.84 Å². The fourth-order valence-corrected chi connectivity index (χ4v) is 7.95. The third kappa shape index (κ3) is 2.71. The third-order valence-corrected chi connectivity index (χ3v) is 9.53. The summed E-state index contributed by atoms with van der Waals surface area (Å²) in [5.41, 5.74) is 2.40. The van der Waals surface area contributed by atoms with E-state index in [9.17, 15) is 8.42 Å². The molecule has 0 aromatic carbocycles. The van der Waals surface area contributed by atoms with E-state index >= 15 is 0 Å². The molecule has 0 spiro atoms. The molecule has 0 aromatic rings. The molecular weight excluding hydrogens is 370 g/mol. The molecule has 0 heterocycles. The lowest BCUT2D eigenvalue weighted by Crippen LogP contribution is -2.48. The van der Waals surface area contributed by atoms with E-state index in [1.165, 1.54) is 11.8 Å². The molecule has 4 aliphatic rings. The molecule has 28 heavy (non-hydrogen) atoms. The highest BCUT2D eigenvalue weighted by molar-refractivity contribution is 7.94. The Morgan fingerprint density at radius 3 is 2.54 bits per heavy atom. The number of ether oxygens (including phenoxy) is 1. The van der Waals surface area contributed by atoms with Crippen LogP contribution in [-0.2, 0) is 14.6 Å². The first-order valence-electron chi connectivity index (χ1n) is 10.4. The minimum atomic E-state index is -3.46. The molecule has 5 atom stereocenters. The molecule has 0 saturated heterocycles. The van der Waals surface area contributed by atoms with Gasteiger partial charge in [0, 0.05) is 12.7 Å². The average Bonchev–Trinajstić information content (AvgIpc) is 2.98. The van der Waals surface area contributed by atoms with Crippen LogP contribution in [0.2, 0.25) is 0 Å². The maximum atomic E-state index is 12.2. The number of methoxy groups -OCH3 is 1. The van der Waals surface area contributed by atoms with Crippen LogP contribution in [0.25, 0.3) is 4.85 Å². The number of sulfone groups is 1. The second-order valence-electron chi connectivity index (χ2n) is 9.67. The summed E-state index contributed by atoms with van der Waals surface area (Å²) in [6.45, 7) is 12.2. The molecular formula is C23H31NO3S. The summed E-state index contributed by atoms with van der Waals surface area (Å²) in [7, 11) is -1.70. The van der Waals surface area contributed by atoms with Crippen molar-refractivity contribution in [2.24, 2.45) is 28.6 Å². The summed E-state index contributed by atoms with van der Waals surface area (Å²) in [6, 6.07) is 0. The quantitative estimate of drug-likeness (QED) is 0.593. The van der Waals surface area contributed by atoms with Crippen molar-refractivity contribution in [2.75, 3.05) is 13.4 Å². The SMILES string of the molecule is [C-]#[N+]/C(=C1\CC[C@H]2[C@@H]3CC=C4C=C(OC)CC[C@]4(C)[C@H]3CC[C@]12C)S(C)(=O)=O. The first kappa shape index (κ1) is 19.8. The van der Waals surface area contributed by atoms with Crippen LogP contribution in [0, 0.1) is 35.2 Å². The lowest BCUT2D eigenvalue weighted by molar-refractivity contribution is -0.00837. The normalized spacial score (nSPS) is 41.6. The molecule has 0 bridgehead atoms. The minimum Gasteiger partial charge on any atom is -0.501 e. The largest absolute Gasteiger partial charge is 0.501 e. The molecule has 152 valence electrons. The molecule has 0 amide bonds. The monoisotopic (exact) mass is 401 g/mol. The van der Waals surface area contributed by atoms with Gasteiger partial charge in [-0.3, -0.25) is 0 Å². The summed E-state index contributed by atoms with van der Waals surface area (Å²) in [5.74, 6) is 2.77. The van der Waals surface area contributed by atoms with Gasteiger partial charge in [-0.1, -0.05) is 19.9 Å². The van der Waals surface area contributed by atoms with E-state index in [0.717, 1.165) is 56.3 Å². The molecule has 0 aliphatic heterocycles. The first-order chi connectivity index (χ1) is 13.1. The summed E-state index contributed by atoms with van der Waals surface area (Å²) in [4.78, 5) is 3.49. The minimum absolute atomic E-state index is 0.0274. The zero-order valence-electron chi connectivity index (χ0n) is 17.4. The van der Waals surface area contributed by atoms with Gasteiger partial charge in [-0.05, 0) is 84.3 Å². The number of allylic oxidation sites excluding steroid dienone is 5. The van der Waals surface area contributed by atoms with E-state index < -0.39 is 9.84 Å². The van der Waals surface area contributed by atoms with Crippen molar-refractivity contribution in [3.63, 3.8) is 0 Å². The highest BCUT2D eigenvalue weighted by Crippen LogP contribution is 2.66. The predicted molar refractivity (Wildman–Crippen MR) is 111 cm³/mol. The fourth-order valence-electron chi connectivity index (χ4n) is 7.00. The van der Waals surface area contributed by atoms with Crippen molar-refractivity contribution in [3.05, 3.63) is 45.5 Å². The van der Waals surface area contributed by atoms with Gasteiger partial charge in [-0.15, -0.1) is 0 Å². The Balaban J connectivity index is 1.74. The Labute approximate surface area is 169 Å². The van der Waals surface area contributed by atoms with Gasteiger partial charge in [-0.25, -0.2) is 13.3 Å². The molecule has 2 fully saturated rings. The van der Waals surface area contributed by atoms with Crippen LogP contribution in [0.4, 0.5) is 0 Å². The number of hydrogen-bond acceptors (Lipinski definition) is 3. The van der Waals surface area contributed by atoms with E-state index in [1.807, 2.05) is 0 Å². The van der Waals surface area contributed by atoms with Crippen LogP contribution in [-0.4, -0.2) is 21.8 Å². The van der Waals surface area contributed by atoms with Gasteiger partial charge >= 0.3 is 0 Å². The zero-order chi connectivity index (χ0) is 20.3. The van der Waals surface area contributed by atoms with Crippen molar-refractivity contribution in [3.8, 4) is 0 Å². The molecule has 5 heteroatoms. The molecule has 0 N–H and O–H groups in total. The Morgan fingerprint density at radius 2 is 1.89 bits per heavy atom. The molecule has 4 aliphatic carbocycles. The third-order valence-electron chi connectivity index (χ3n) is 8.49. The molecule has 0 radical (unpaired) electrons. The van der Waals surface area contributed by atoms with E-state index in [2.05, 4.69) is 30.8 Å². The highest BCUT2D eigenvalue weighted by atomic mass is 32.2. The van der Waals surface area contributed by atoms with Gasteiger partial charge in [0.2, 0.25) is 0 Å². The Bertz CT molecular complexity index is 935. The van der Waals surface area contributed by atoms with Crippen LogP contribution < -0.4 is 0 Å². The van der Waals surface area contributed by atoms with Gasteiger partial charge in [-0.2, -0.15) is 0 Å². The van der Waals surface area contributed by atoms with E-state index in [0.29, 0.717) is 17.8 Å². The van der Waals surface area contributed by atoms with E-state index in [-0.39, 0.29) is 15.9 Å². The summed E-state index contributed by atoms with van der Waals surface area (Å²) in [6.07, 6.45) is 12.9. The van der Waals surface area contributed by atoms with Crippen LogP contribution >= 0.6 is 0 Å². The molecule has 0 unspecified atom stereocenters. The summed E-state index contributed by atoms with van der Waals surface area (Å²) < 4.78 is 30.0. The first-order valence-corrected chi connectivity index (χ1v) is 12.3. The van der Waals surface area contributed by atoms with Crippen LogP contribution in [0.1, 0.15) is 58.8 Å². The Kier molecular flexibility index (Phi) is 4.58. The summed E-state index contributed by atoms with van der Waals surface area (Å²) in [5, 5.41) is 0.0274. The Hall–Kier alpha value is -1.54. The molecule has 2 saturated carbocycles. The summed E-state index contributed by atoms with van der Waals surface area (Å²) >= 11 is 0. The average molecular weight is 402 g/mol. The standard InChI is InChI=1S/C23H31NO3S/c1-22-12-10-16(27-4)14-15(22)6-7-17-18-8-9-20(21(24-3)28(5,25)26)23(18,2)13-11-19(17)22/h6,14,17-19H,7-13H2,1-2,4-5H3/b21-20-/t17-,18-,19-,22-,23-/m0/s1. The van der Waals surface area contributed by atoms with E-state index in [4.69, 9.17) is 11.3 Å². The van der Waals surface area contributed by atoms with Crippen LogP contribution in [0.15, 0.2) is 34.1 Å². The zero-order valence-corrected chi connectivity index (χ0v) is 18.2. The van der Waals surface area contributed by atoms with Crippen LogP contribution in [0.3, 0.4) is 0 Å².